The van der Waals surface area contributed by atoms with E-state index in [1.807, 2.05) is 10.9 Å². The second kappa shape index (κ2) is 4.52. The summed E-state index contributed by atoms with van der Waals surface area (Å²) in [7, 11) is 0. The molecule has 0 aliphatic heterocycles. The summed E-state index contributed by atoms with van der Waals surface area (Å²) in [5, 5.41) is 11.5. The SMILES string of the molecule is NCCCn1cc(CNC2CC2)nn1. The first-order chi connectivity index (χ1) is 6.88. The van der Waals surface area contributed by atoms with Gasteiger partial charge in [0.2, 0.25) is 0 Å². The molecule has 0 radical (unpaired) electrons. The van der Waals surface area contributed by atoms with Gasteiger partial charge in [0.15, 0.2) is 0 Å². The van der Waals surface area contributed by atoms with Gasteiger partial charge in [-0.15, -0.1) is 5.10 Å². The molecular formula is C9H17N5. The number of nitrogens with two attached hydrogens (primary N) is 1. The lowest BCUT2D eigenvalue weighted by Crippen LogP contribution is -2.15. The Labute approximate surface area is 83.7 Å². The van der Waals surface area contributed by atoms with Crippen LogP contribution < -0.4 is 11.1 Å². The third-order valence-electron chi connectivity index (χ3n) is 2.33. The van der Waals surface area contributed by atoms with Crippen molar-refractivity contribution in [2.75, 3.05) is 6.54 Å². The van der Waals surface area contributed by atoms with Crippen LogP contribution in [0.3, 0.4) is 0 Å². The Morgan fingerprint density at radius 1 is 1.57 bits per heavy atom. The first kappa shape index (κ1) is 9.61. The van der Waals surface area contributed by atoms with Crippen LogP contribution in [0.2, 0.25) is 0 Å². The van der Waals surface area contributed by atoms with Gasteiger partial charge in [0.25, 0.3) is 0 Å². The molecule has 0 amide bonds. The lowest BCUT2D eigenvalue weighted by molar-refractivity contribution is 0.564. The van der Waals surface area contributed by atoms with Gasteiger partial charge in [-0.2, -0.15) is 0 Å². The lowest BCUT2D eigenvalue weighted by atomic mass is 10.4. The van der Waals surface area contributed by atoms with Crippen molar-refractivity contribution in [2.24, 2.45) is 5.73 Å². The summed E-state index contributed by atoms with van der Waals surface area (Å²) >= 11 is 0. The normalized spacial score (nSPS) is 16.1. The molecule has 1 aliphatic carbocycles. The molecule has 5 nitrogen and oxygen atoms in total. The Morgan fingerprint density at radius 2 is 2.43 bits per heavy atom. The van der Waals surface area contributed by atoms with Crippen molar-refractivity contribution in [3.63, 3.8) is 0 Å². The molecule has 1 saturated carbocycles. The molecule has 1 aromatic rings. The minimum atomic E-state index is 0.704. The molecule has 0 spiro atoms. The van der Waals surface area contributed by atoms with Crippen molar-refractivity contribution in [2.45, 2.75) is 38.4 Å². The Hall–Kier alpha value is -0.940. The van der Waals surface area contributed by atoms with Gasteiger partial charge in [0.05, 0.1) is 5.69 Å². The zero-order valence-corrected chi connectivity index (χ0v) is 8.32. The molecule has 5 heteroatoms. The Kier molecular flexibility index (Phi) is 3.10. The highest BCUT2D eigenvalue weighted by atomic mass is 15.4. The van der Waals surface area contributed by atoms with Crippen LogP contribution in [0.25, 0.3) is 0 Å². The average molecular weight is 195 g/mol. The van der Waals surface area contributed by atoms with E-state index in [2.05, 4.69) is 15.6 Å². The van der Waals surface area contributed by atoms with Crippen LogP contribution in [-0.2, 0) is 13.1 Å². The van der Waals surface area contributed by atoms with E-state index in [4.69, 9.17) is 5.73 Å². The second-order valence-electron chi connectivity index (χ2n) is 3.77. The summed E-state index contributed by atoms with van der Waals surface area (Å²) in [6, 6.07) is 0.726. The number of nitrogens with one attached hydrogen (secondary N) is 1. The Morgan fingerprint density at radius 3 is 3.14 bits per heavy atom. The van der Waals surface area contributed by atoms with Gasteiger partial charge in [-0.25, -0.2) is 0 Å². The third-order valence-corrected chi connectivity index (χ3v) is 2.33. The molecule has 1 aliphatic rings. The van der Waals surface area contributed by atoms with E-state index in [1.54, 1.807) is 0 Å². The van der Waals surface area contributed by atoms with Gasteiger partial charge < -0.3 is 11.1 Å². The third kappa shape index (κ3) is 2.78. The number of hydrogen-bond donors (Lipinski definition) is 2. The quantitative estimate of drug-likeness (QED) is 0.664. The summed E-state index contributed by atoms with van der Waals surface area (Å²) in [4.78, 5) is 0. The second-order valence-corrected chi connectivity index (χ2v) is 3.77. The summed E-state index contributed by atoms with van der Waals surface area (Å²) in [6.07, 6.45) is 5.56. The summed E-state index contributed by atoms with van der Waals surface area (Å²) in [6.45, 7) is 2.41. The van der Waals surface area contributed by atoms with Crippen LogP contribution in [0.15, 0.2) is 6.20 Å². The van der Waals surface area contributed by atoms with E-state index < -0.39 is 0 Å². The fraction of sp³-hybridized carbons (Fsp3) is 0.778. The molecule has 0 atom stereocenters. The van der Waals surface area contributed by atoms with Gasteiger partial charge in [-0.3, -0.25) is 4.68 Å². The zero-order valence-electron chi connectivity index (χ0n) is 8.32. The Bertz CT molecular complexity index is 278. The van der Waals surface area contributed by atoms with Crippen LogP contribution in [0.1, 0.15) is 25.0 Å². The van der Waals surface area contributed by atoms with Crippen LogP contribution >= 0.6 is 0 Å². The molecule has 78 valence electrons. The fourth-order valence-electron chi connectivity index (χ4n) is 1.32. The van der Waals surface area contributed by atoms with Crippen molar-refractivity contribution in [3.05, 3.63) is 11.9 Å². The van der Waals surface area contributed by atoms with Crippen LogP contribution in [0.4, 0.5) is 0 Å². The molecule has 1 heterocycles. The van der Waals surface area contributed by atoms with Crippen molar-refractivity contribution >= 4 is 0 Å². The highest BCUT2D eigenvalue weighted by molar-refractivity contribution is 4.94. The molecule has 1 aromatic heterocycles. The monoisotopic (exact) mass is 195 g/mol. The number of rotatable bonds is 6. The first-order valence-electron chi connectivity index (χ1n) is 5.21. The maximum Gasteiger partial charge on any atom is 0.0964 e. The first-order valence-corrected chi connectivity index (χ1v) is 5.21. The largest absolute Gasteiger partial charge is 0.330 e. The molecular weight excluding hydrogens is 178 g/mol. The minimum absolute atomic E-state index is 0.704. The molecule has 0 saturated heterocycles. The standard InChI is InChI=1S/C9H17N5/c10-4-1-5-14-7-9(12-13-14)6-11-8-2-3-8/h7-8,11H,1-6,10H2. The van der Waals surface area contributed by atoms with Crippen LogP contribution in [0.5, 0.6) is 0 Å². The topological polar surface area (TPSA) is 68.8 Å². The Balaban J connectivity index is 1.76. The summed E-state index contributed by atoms with van der Waals surface area (Å²) < 4.78 is 1.86. The van der Waals surface area contributed by atoms with Gasteiger partial charge >= 0.3 is 0 Å². The highest BCUT2D eigenvalue weighted by Crippen LogP contribution is 2.18. The predicted molar refractivity (Wildman–Crippen MR) is 53.6 cm³/mol. The highest BCUT2D eigenvalue weighted by Gasteiger charge is 2.20. The van der Waals surface area contributed by atoms with E-state index >= 15 is 0 Å². The van der Waals surface area contributed by atoms with Gasteiger partial charge in [-0.05, 0) is 25.8 Å². The molecule has 1 fully saturated rings. The van der Waals surface area contributed by atoms with E-state index in [1.165, 1.54) is 12.8 Å². The fourth-order valence-corrected chi connectivity index (χ4v) is 1.32. The summed E-state index contributed by atoms with van der Waals surface area (Å²) in [5.74, 6) is 0. The molecule has 0 bridgehead atoms. The van der Waals surface area contributed by atoms with E-state index in [0.29, 0.717) is 6.54 Å². The van der Waals surface area contributed by atoms with E-state index in [0.717, 1.165) is 31.2 Å². The molecule has 14 heavy (non-hydrogen) atoms. The number of aryl methyl sites for hydroxylation is 1. The smallest absolute Gasteiger partial charge is 0.0964 e. The van der Waals surface area contributed by atoms with Crippen LogP contribution in [0, 0.1) is 0 Å². The maximum atomic E-state index is 5.42. The van der Waals surface area contributed by atoms with Crippen molar-refractivity contribution < 1.29 is 0 Å². The minimum Gasteiger partial charge on any atom is -0.330 e. The molecule has 2 rings (SSSR count). The van der Waals surface area contributed by atoms with E-state index in [9.17, 15) is 0 Å². The van der Waals surface area contributed by atoms with Crippen molar-refractivity contribution in [3.8, 4) is 0 Å². The van der Waals surface area contributed by atoms with Crippen molar-refractivity contribution in [1.29, 1.82) is 0 Å². The number of aromatic nitrogens is 3. The van der Waals surface area contributed by atoms with Gasteiger partial charge in [-0.1, -0.05) is 5.21 Å². The number of hydrogen-bond acceptors (Lipinski definition) is 4. The zero-order chi connectivity index (χ0) is 9.80. The van der Waals surface area contributed by atoms with Gasteiger partial charge in [0.1, 0.15) is 0 Å². The maximum absolute atomic E-state index is 5.42. The number of nitrogens with zero attached hydrogens (tertiary/aromatic N) is 3. The predicted octanol–water partition coefficient (Wildman–Crippen LogP) is -0.121. The summed E-state index contributed by atoms with van der Waals surface area (Å²) in [5.41, 5.74) is 6.44. The van der Waals surface area contributed by atoms with E-state index in [-0.39, 0.29) is 0 Å². The van der Waals surface area contributed by atoms with Crippen LogP contribution in [-0.4, -0.2) is 27.6 Å². The van der Waals surface area contributed by atoms with Gasteiger partial charge in [0, 0.05) is 25.3 Å². The molecule has 0 aromatic carbocycles. The molecule has 3 N–H and O–H groups in total. The van der Waals surface area contributed by atoms with Crippen molar-refractivity contribution in [1.82, 2.24) is 20.3 Å². The average Bonchev–Trinajstić information content (AvgIpc) is 2.92. The molecule has 0 unspecified atom stereocenters. The lowest BCUT2D eigenvalue weighted by Gasteiger charge is -1.97.